The molecule has 10 heteroatoms. The first-order chi connectivity index (χ1) is 21.8. The van der Waals surface area contributed by atoms with Gasteiger partial charge in [0.1, 0.15) is 18.4 Å². The number of fused-ring (bicyclic) bond motifs is 5. The second-order valence-electron chi connectivity index (χ2n) is 15.5. The Morgan fingerprint density at radius 1 is 1.00 bits per heavy atom. The van der Waals surface area contributed by atoms with Crippen molar-refractivity contribution in [2.75, 3.05) is 6.54 Å². The number of hydrogen-bond acceptors (Lipinski definition) is 8. The number of aliphatic hydroxyl groups excluding tert-OH is 1. The Hall–Kier alpha value is -2.72. The summed E-state index contributed by atoms with van der Waals surface area (Å²) in [5.41, 5.74) is -0.706. The quantitative estimate of drug-likeness (QED) is 0.0772. The first-order valence-corrected chi connectivity index (χ1v) is 17.6. The number of carbonyl (C=O) groups is 2. The summed E-state index contributed by atoms with van der Waals surface area (Å²) in [6, 6.07) is 5.12. The van der Waals surface area contributed by atoms with Crippen LogP contribution in [0.4, 0.5) is 10.5 Å². The van der Waals surface area contributed by atoms with Crippen LogP contribution in [0, 0.1) is 50.5 Å². The average Bonchev–Trinajstić information content (AvgIpc) is 3.38. The number of nitro benzene ring substituents is 1. The lowest BCUT2D eigenvalue weighted by Gasteiger charge is -2.62. The van der Waals surface area contributed by atoms with Gasteiger partial charge in [-0.1, -0.05) is 46.5 Å². The molecule has 0 heterocycles. The number of esters is 1. The third kappa shape index (κ3) is 6.93. The number of benzene rings is 1. The Labute approximate surface area is 273 Å². The van der Waals surface area contributed by atoms with E-state index >= 15 is 0 Å². The average molecular weight is 643 g/mol. The predicted molar refractivity (Wildman–Crippen MR) is 173 cm³/mol. The highest BCUT2D eigenvalue weighted by atomic mass is 16.6. The van der Waals surface area contributed by atoms with Gasteiger partial charge in [0.15, 0.2) is 0 Å². The molecular weight excluding hydrogens is 588 g/mol. The van der Waals surface area contributed by atoms with Gasteiger partial charge in [-0.25, -0.2) is 9.59 Å². The third-order valence-electron chi connectivity index (χ3n) is 12.8. The van der Waals surface area contributed by atoms with Gasteiger partial charge >= 0.3 is 12.1 Å². The molecular formula is C36H54N2O8. The number of amides is 1. The number of ether oxygens (including phenoxy) is 2. The summed E-state index contributed by atoms with van der Waals surface area (Å²) in [5, 5.41) is 36.6. The zero-order valence-corrected chi connectivity index (χ0v) is 28.0. The topological polar surface area (TPSA) is 148 Å². The number of hydrogen-bond donors (Lipinski definition) is 3. The normalized spacial score (nSPS) is 36.3. The van der Waals surface area contributed by atoms with Gasteiger partial charge in [0.25, 0.3) is 5.69 Å². The Morgan fingerprint density at radius 3 is 2.39 bits per heavy atom. The van der Waals surface area contributed by atoms with E-state index in [1.54, 1.807) is 0 Å². The van der Waals surface area contributed by atoms with E-state index in [9.17, 15) is 29.9 Å². The van der Waals surface area contributed by atoms with E-state index in [0.717, 1.165) is 51.4 Å². The fourth-order valence-corrected chi connectivity index (χ4v) is 10.6. The van der Waals surface area contributed by atoms with Gasteiger partial charge in [-0.3, -0.25) is 10.1 Å². The van der Waals surface area contributed by atoms with Crippen LogP contribution in [0.1, 0.15) is 111 Å². The van der Waals surface area contributed by atoms with Crippen LogP contribution < -0.4 is 10.1 Å². The van der Waals surface area contributed by atoms with Crippen molar-refractivity contribution in [3.8, 4) is 5.75 Å². The summed E-state index contributed by atoms with van der Waals surface area (Å²) in [6.07, 6.45) is 11.4. The molecule has 0 aliphatic heterocycles. The number of nitrogens with zero attached hydrogens (tertiary/aromatic N) is 1. The minimum absolute atomic E-state index is 0.0324. The molecule has 4 saturated carbocycles. The molecule has 10 atom stereocenters. The van der Waals surface area contributed by atoms with Crippen LogP contribution >= 0.6 is 0 Å². The van der Waals surface area contributed by atoms with Crippen LogP contribution in [0.2, 0.25) is 0 Å². The van der Waals surface area contributed by atoms with Gasteiger partial charge in [0, 0.05) is 12.1 Å². The van der Waals surface area contributed by atoms with Crippen LogP contribution in [0.25, 0.3) is 0 Å². The van der Waals surface area contributed by atoms with Crippen LogP contribution in [-0.2, 0) is 9.53 Å². The van der Waals surface area contributed by atoms with E-state index in [1.807, 2.05) is 0 Å². The number of nitrogens with one attached hydrogen (secondary N) is 1. The van der Waals surface area contributed by atoms with Crippen LogP contribution in [0.3, 0.4) is 0 Å². The Balaban J connectivity index is 1.14. The molecule has 3 N–H and O–H groups in total. The molecule has 0 saturated heterocycles. The number of carbonyl (C=O) groups excluding carboxylic acids is 2. The highest BCUT2D eigenvalue weighted by Crippen LogP contribution is 2.68. The monoisotopic (exact) mass is 642 g/mol. The van der Waals surface area contributed by atoms with Crippen molar-refractivity contribution in [2.24, 2.45) is 40.4 Å². The number of non-ortho nitro benzene ring substituents is 1. The lowest BCUT2D eigenvalue weighted by Crippen LogP contribution is -2.59. The molecule has 46 heavy (non-hydrogen) atoms. The Morgan fingerprint density at radius 2 is 1.70 bits per heavy atom. The minimum atomic E-state index is -0.716. The van der Waals surface area contributed by atoms with Gasteiger partial charge < -0.3 is 25.0 Å². The molecule has 1 aromatic rings. The lowest BCUT2D eigenvalue weighted by molar-refractivity contribution is -0.384. The van der Waals surface area contributed by atoms with Crippen molar-refractivity contribution in [3.05, 3.63) is 34.4 Å². The second-order valence-corrected chi connectivity index (χ2v) is 15.5. The van der Waals surface area contributed by atoms with Crippen molar-refractivity contribution in [1.82, 2.24) is 5.32 Å². The maximum atomic E-state index is 12.6. The van der Waals surface area contributed by atoms with E-state index < -0.39 is 35.2 Å². The van der Waals surface area contributed by atoms with Crippen molar-refractivity contribution in [1.29, 1.82) is 0 Å². The molecule has 1 amide bonds. The molecule has 4 aliphatic rings. The summed E-state index contributed by atoms with van der Waals surface area (Å²) in [7, 11) is 0. The van der Waals surface area contributed by atoms with E-state index in [-0.39, 0.29) is 34.3 Å². The molecule has 10 nitrogen and oxygen atoms in total. The molecule has 5 rings (SSSR count). The third-order valence-corrected chi connectivity index (χ3v) is 12.8. The summed E-state index contributed by atoms with van der Waals surface area (Å²) in [4.78, 5) is 35.1. The number of aliphatic hydroxyl groups is 2. The summed E-state index contributed by atoms with van der Waals surface area (Å²) >= 11 is 0. The lowest BCUT2D eigenvalue weighted by atomic mass is 9.43. The predicted octanol–water partition coefficient (Wildman–Crippen LogP) is 6.95. The smallest absolute Gasteiger partial charge is 0.407 e. The van der Waals surface area contributed by atoms with E-state index in [2.05, 4.69) is 33.0 Å². The standard InChI is InChI=1S/C36H54N2O8/c1-5-6-7-8-17-36(4,42)31-14-13-27-26-21-30(39)29-20-25(15-18-34(29,2)28(26)16-19-35(27,31)3)46-33(41)37-22-32(40)45-24-11-9-23(10-12-24)38(43)44/h9-12,25-31,39,42H,5-8,13-22H2,1-4H3,(H,37,41)/t25-,26-,27-,28-,29+,30-,31-,34+,35-,36-/m0/s1. The molecule has 0 unspecified atom stereocenters. The van der Waals surface area contributed by atoms with Gasteiger partial charge in [0.05, 0.1) is 16.6 Å². The number of alkyl carbamates (subject to hydrolysis) is 1. The molecule has 0 spiro atoms. The van der Waals surface area contributed by atoms with E-state index in [4.69, 9.17) is 9.47 Å². The molecule has 4 fully saturated rings. The Bertz CT molecular complexity index is 1250. The fourth-order valence-electron chi connectivity index (χ4n) is 10.6. The minimum Gasteiger partial charge on any atom is -0.446 e. The highest BCUT2D eigenvalue weighted by molar-refractivity contribution is 5.79. The molecule has 0 radical (unpaired) electrons. The highest BCUT2D eigenvalue weighted by Gasteiger charge is 2.64. The number of rotatable bonds is 11. The number of nitro groups is 1. The molecule has 0 bridgehead atoms. The Kier molecular flexibility index (Phi) is 10.4. The summed E-state index contributed by atoms with van der Waals surface area (Å²) in [6.45, 7) is 8.67. The molecule has 256 valence electrons. The van der Waals surface area contributed by atoms with E-state index in [1.165, 1.54) is 43.5 Å². The van der Waals surface area contributed by atoms with Crippen molar-refractivity contribution < 1.29 is 34.2 Å². The molecule has 0 aromatic heterocycles. The fraction of sp³-hybridized carbons (Fsp3) is 0.778. The zero-order valence-electron chi connectivity index (χ0n) is 28.0. The zero-order chi connectivity index (χ0) is 33.3. The van der Waals surface area contributed by atoms with Gasteiger partial charge in [-0.05, 0) is 117 Å². The van der Waals surface area contributed by atoms with Gasteiger partial charge in [-0.15, -0.1) is 0 Å². The first-order valence-electron chi connectivity index (χ1n) is 17.6. The second kappa shape index (κ2) is 13.8. The SMILES string of the molecule is CCCCCC[C@](C)(O)[C@H]1CC[C@H]2[C@@H]3C[C@H](O)[C@H]4C[C@@H](OC(=O)NCC(=O)Oc5ccc([N+](=O)[O-])cc5)CC[C@]4(C)[C@H]3CC[C@@]21C. The maximum absolute atomic E-state index is 12.6. The van der Waals surface area contributed by atoms with E-state index in [0.29, 0.717) is 36.5 Å². The maximum Gasteiger partial charge on any atom is 0.407 e. The van der Waals surface area contributed by atoms with Crippen LogP contribution in [-0.4, -0.2) is 51.6 Å². The largest absolute Gasteiger partial charge is 0.446 e. The van der Waals surface area contributed by atoms with Crippen molar-refractivity contribution in [3.63, 3.8) is 0 Å². The van der Waals surface area contributed by atoms with Crippen molar-refractivity contribution in [2.45, 2.75) is 129 Å². The molecule has 4 aliphatic carbocycles. The summed E-state index contributed by atoms with van der Waals surface area (Å²) in [5.74, 6) is 1.23. The number of unbranched alkanes of at least 4 members (excludes halogenated alkanes) is 3. The van der Waals surface area contributed by atoms with Gasteiger partial charge in [-0.2, -0.15) is 0 Å². The van der Waals surface area contributed by atoms with Crippen LogP contribution in [0.5, 0.6) is 5.75 Å². The first kappa shape index (κ1) is 34.6. The van der Waals surface area contributed by atoms with Crippen molar-refractivity contribution >= 4 is 17.7 Å². The molecule has 1 aromatic carbocycles. The summed E-state index contributed by atoms with van der Waals surface area (Å²) < 4.78 is 10.9. The van der Waals surface area contributed by atoms with Gasteiger partial charge in [0.2, 0.25) is 0 Å². The van der Waals surface area contributed by atoms with Crippen LogP contribution in [0.15, 0.2) is 24.3 Å².